The van der Waals surface area contributed by atoms with Crippen LogP contribution in [0.2, 0.25) is 0 Å². The molecule has 0 radical (unpaired) electrons. The van der Waals surface area contributed by atoms with Crippen molar-refractivity contribution >= 4 is 0 Å². The number of aryl methyl sites for hydroxylation is 1. The van der Waals surface area contributed by atoms with Crippen LogP contribution in [0.3, 0.4) is 0 Å². The van der Waals surface area contributed by atoms with Crippen LogP contribution in [0.1, 0.15) is 22.9 Å². The molecule has 4 heteroatoms. The van der Waals surface area contributed by atoms with Crippen molar-refractivity contribution in [2.24, 2.45) is 5.84 Å². The first-order chi connectivity index (χ1) is 7.29. The highest BCUT2D eigenvalue weighted by Crippen LogP contribution is 2.20. The van der Waals surface area contributed by atoms with E-state index in [2.05, 4.69) is 5.43 Å². The molecule has 1 atom stereocenters. The van der Waals surface area contributed by atoms with Crippen LogP contribution in [-0.4, -0.2) is 0 Å². The van der Waals surface area contributed by atoms with E-state index >= 15 is 0 Å². The zero-order valence-electron chi connectivity index (χ0n) is 8.57. The van der Waals surface area contributed by atoms with Crippen LogP contribution in [0.15, 0.2) is 39.8 Å². The number of hydrazine groups is 1. The van der Waals surface area contributed by atoms with E-state index in [1.54, 1.807) is 18.8 Å². The minimum absolute atomic E-state index is 0.0556. The number of hydrogen-bond acceptors (Lipinski definition) is 4. The predicted octanol–water partition coefficient (Wildman–Crippen LogP) is 1.93. The fourth-order valence-electron chi connectivity index (χ4n) is 1.56. The fraction of sp³-hybridized carbons (Fsp3) is 0.273. The molecule has 0 fully saturated rings. The lowest BCUT2D eigenvalue weighted by Crippen LogP contribution is -2.29. The van der Waals surface area contributed by atoms with Crippen molar-refractivity contribution in [2.45, 2.75) is 19.4 Å². The highest BCUT2D eigenvalue weighted by atomic mass is 16.3. The Hall–Kier alpha value is -1.52. The summed E-state index contributed by atoms with van der Waals surface area (Å²) in [5.74, 6) is 6.39. The van der Waals surface area contributed by atoms with Gasteiger partial charge in [0.25, 0.3) is 0 Å². The zero-order chi connectivity index (χ0) is 10.7. The van der Waals surface area contributed by atoms with Gasteiger partial charge in [-0.15, -0.1) is 0 Å². The van der Waals surface area contributed by atoms with Crippen molar-refractivity contribution < 1.29 is 8.83 Å². The lowest BCUT2D eigenvalue weighted by atomic mass is 10.0. The maximum absolute atomic E-state index is 5.51. The lowest BCUT2D eigenvalue weighted by Gasteiger charge is -2.12. The molecule has 0 amide bonds. The third-order valence-electron chi connectivity index (χ3n) is 2.37. The fourth-order valence-corrected chi connectivity index (χ4v) is 1.56. The van der Waals surface area contributed by atoms with E-state index in [0.29, 0.717) is 0 Å². The Kier molecular flexibility index (Phi) is 2.89. The van der Waals surface area contributed by atoms with Crippen LogP contribution in [0, 0.1) is 6.92 Å². The summed E-state index contributed by atoms with van der Waals surface area (Å²) in [5.41, 5.74) is 4.93. The molecular weight excluding hydrogens is 192 g/mol. The molecule has 80 valence electrons. The summed E-state index contributed by atoms with van der Waals surface area (Å²) in [6, 6.07) is 3.96. The van der Waals surface area contributed by atoms with E-state index in [9.17, 15) is 0 Å². The summed E-state index contributed by atoms with van der Waals surface area (Å²) < 4.78 is 10.3. The van der Waals surface area contributed by atoms with Crippen LogP contribution in [0.5, 0.6) is 0 Å². The van der Waals surface area contributed by atoms with Gasteiger partial charge in [0.1, 0.15) is 5.76 Å². The van der Waals surface area contributed by atoms with E-state index in [-0.39, 0.29) is 6.04 Å². The number of furan rings is 2. The predicted molar refractivity (Wildman–Crippen MR) is 55.9 cm³/mol. The second-order valence-electron chi connectivity index (χ2n) is 3.55. The van der Waals surface area contributed by atoms with E-state index in [0.717, 1.165) is 23.3 Å². The van der Waals surface area contributed by atoms with Gasteiger partial charge in [0, 0.05) is 5.56 Å². The van der Waals surface area contributed by atoms with Crippen LogP contribution >= 0.6 is 0 Å². The summed E-state index contributed by atoms with van der Waals surface area (Å²) >= 11 is 0. The van der Waals surface area contributed by atoms with Crippen molar-refractivity contribution in [1.29, 1.82) is 0 Å². The molecule has 0 aliphatic heterocycles. The third-order valence-corrected chi connectivity index (χ3v) is 2.37. The Morgan fingerprint density at radius 2 is 2.33 bits per heavy atom. The first-order valence-corrected chi connectivity index (χ1v) is 4.82. The second kappa shape index (κ2) is 4.33. The molecule has 0 saturated heterocycles. The summed E-state index contributed by atoms with van der Waals surface area (Å²) in [6.45, 7) is 1.91. The normalized spacial score (nSPS) is 12.9. The smallest absolute Gasteiger partial charge is 0.101 e. The lowest BCUT2D eigenvalue weighted by molar-refractivity contribution is 0.508. The summed E-state index contributed by atoms with van der Waals surface area (Å²) in [5, 5.41) is 0. The van der Waals surface area contributed by atoms with Crippen molar-refractivity contribution in [3.05, 3.63) is 47.8 Å². The molecule has 2 aromatic heterocycles. The van der Waals surface area contributed by atoms with Crippen LogP contribution < -0.4 is 11.3 Å². The average Bonchev–Trinajstić information content (AvgIpc) is 2.85. The Morgan fingerprint density at radius 3 is 2.87 bits per heavy atom. The van der Waals surface area contributed by atoms with Crippen LogP contribution in [0.4, 0.5) is 0 Å². The molecule has 4 nitrogen and oxygen atoms in total. The second-order valence-corrected chi connectivity index (χ2v) is 3.55. The van der Waals surface area contributed by atoms with Gasteiger partial charge >= 0.3 is 0 Å². The molecule has 0 saturated carbocycles. The highest BCUT2D eigenvalue weighted by molar-refractivity contribution is 5.19. The minimum atomic E-state index is 0.0556. The third kappa shape index (κ3) is 2.29. The molecule has 2 heterocycles. The summed E-state index contributed by atoms with van der Waals surface area (Å²) in [4.78, 5) is 0. The molecule has 3 N–H and O–H groups in total. The summed E-state index contributed by atoms with van der Waals surface area (Å²) in [6.07, 6.45) is 5.88. The van der Waals surface area contributed by atoms with E-state index in [1.165, 1.54) is 0 Å². The first-order valence-electron chi connectivity index (χ1n) is 4.82. The molecule has 0 aliphatic carbocycles. The van der Waals surface area contributed by atoms with Gasteiger partial charge in [-0.05, 0) is 31.0 Å². The van der Waals surface area contributed by atoms with Gasteiger partial charge in [0.2, 0.25) is 0 Å². The van der Waals surface area contributed by atoms with Crippen molar-refractivity contribution in [2.75, 3.05) is 0 Å². The number of nitrogens with two attached hydrogens (primary N) is 1. The van der Waals surface area contributed by atoms with Gasteiger partial charge in [-0.3, -0.25) is 11.3 Å². The highest BCUT2D eigenvalue weighted by Gasteiger charge is 2.13. The van der Waals surface area contributed by atoms with Crippen molar-refractivity contribution in [3.63, 3.8) is 0 Å². The van der Waals surface area contributed by atoms with Crippen LogP contribution in [0.25, 0.3) is 0 Å². The van der Waals surface area contributed by atoms with Gasteiger partial charge < -0.3 is 8.83 Å². The van der Waals surface area contributed by atoms with Gasteiger partial charge in [-0.1, -0.05) is 0 Å². The zero-order valence-corrected chi connectivity index (χ0v) is 8.57. The monoisotopic (exact) mass is 206 g/mol. The van der Waals surface area contributed by atoms with Crippen molar-refractivity contribution in [1.82, 2.24) is 5.43 Å². The summed E-state index contributed by atoms with van der Waals surface area (Å²) in [7, 11) is 0. The number of rotatable bonds is 4. The number of hydrogen-bond donors (Lipinski definition) is 2. The van der Waals surface area contributed by atoms with Crippen molar-refractivity contribution in [3.8, 4) is 0 Å². The Bertz CT molecular complexity index is 406. The molecule has 15 heavy (non-hydrogen) atoms. The van der Waals surface area contributed by atoms with Gasteiger partial charge in [-0.2, -0.15) is 0 Å². The molecular formula is C11H14N2O2. The maximum atomic E-state index is 5.51. The Labute approximate surface area is 88.0 Å². The molecule has 2 rings (SSSR count). The Balaban J connectivity index is 2.11. The molecule has 0 aromatic carbocycles. The first kappa shape index (κ1) is 10.0. The van der Waals surface area contributed by atoms with Crippen LogP contribution in [-0.2, 0) is 6.42 Å². The van der Waals surface area contributed by atoms with E-state index < -0.39 is 0 Å². The average molecular weight is 206 g/mol. The minimum Gasteiger partial charge on any atom is -0.472 e. The molecule has 1 unspecified atom stereocenters. The largest absolute Gasteiger partial charge is 0.472 e. The quantitative estimate of drug-likeness (QED) is 0.592. The topological polar surface area (TPSA) is 64.3 Å². The molecule has 0 bridgehead atoms. The van der Waals surface area contributed by atoms with Gasteiger partial charge in [-0.25, -0.2) is 0 Å². The van der Waals surface area contributed by atoms with Gasteiger partial charge in [0.05, 0.1) is 24.8 Å². The molecule has 0 aliphatic rings. The van der Waals surface area contributed by atoms with E-state index in [4.69, 9.17) is 14.7 Å². The Morgan fingerprint density at radius 1 is 1.47 bits per heavy atom. The van der Waals surface area contributed by atoms with E-state index in [1.807, 2.05) is 19.1 Å². The standard InChI is InChI=1S/C11H14N2O2/c1-8-4-10(7-15-8)11(13-12)5-9-2-3-14-6-9/h2-4,6-7,11,13H,5,12H2,1H3. The SMILES string of the molecule is Cc1cc(C(Cc2ccoc2)NN)co1. The molecule has 0 spiro atoms. The maximum Gasteiger partial charge on any atom is 0.101 e. The number of nitrogens with one attached hydrogen (secondary N) is 1. The molecule has 2 aromatic rings. The van der Waals surface area contributed by atoms with Gasteiger partial charge in [0.15, 0.2) is 0 Å².